The molecule has 14 N–H and O–H groups in total. The van der Waals surface area contributed by atoms with Crippen LogP contribution < -0.4 is 22.5 Å². The molecule has 0 aromatic heterocycles. The van der Waals surface area contributed by atoms with Gasteiger partial charge in [0.05, 0.1) is 12.6 Å². The molecule has 0 spiro atoms. The standard InChI is InChI=1S/C26H42N4O13/c27-11-6-12(28)23(21(37)22(11)42-24-18(34)15(29)16(32)14(8-31)41-24)43-25-20(36)19(35)17(33)13(40-25)7-30-26(38)39-9-10-4-2-1-3-5-10/h1-5,11-25,31-37H,6-9,27-29H2,(H,30,38)/t11-,12?,13?,14?,15-,16-,17-,18?,19+,20?,21?,22-,23-,24-,25-/m1/s1. The molecule has 2 heterocycles. The number of carbonyl (C=O) groups is 1. The maximum absolute atomic E-state index is 12.2. The van der Waals surface area contributed by atoms with Crippen molar-refractivity contribution in [2.75, 3.05) is 13.2 Å². The highest BCUT2D eigenvalue weighted by Crippen LogP contribution is 2.31. The van der Waals surface area contributed by atoms with Crippen molar-refractivity contribution in [1.29, 1.82) is 0 Å². The van der Waals surface area contributed by atoms with Gasteiger partial charge in [0, 0.05) is 18.6 Å². The van der Waals surface area contributed by atoms with Crippen molar-refractivity contribution in [3.05, 3.63) is 35.9 Å². The molecule has 2 saturated heterocycles. The van der Waals surface area contributed by atoms with Crippen LogP contribution in [0.2, 0.25) is 0 Å². The highest BCUT2D eigenvalue weighted by molar-refractivity contribution is 5.67. The van der Waals surface area contributed by atoms with Gasteiger partial charge < -0.3 is 81.9 Å². The van der Waals surface area contributed by atoms with E-state index >= 15 is 0 Å². The van der Waals surface area contributed by atoms with Crippen LogP contribution in [0.4, 0.5) is 4.79 Å². The van der Waals surface area contributed by atoms with Crippen LogP contribution in [0.5, 0.6) is 0 Å². The molecule has 1 amide bonds. The van der Waals surface area contributed by atoms with Crippen LogP contribution in [0.1, 0.15) is 12.0 Å². The fraction of sp³-hybridized carbons (Fsp3) is 0.731. The zero-order valence-electron chi connectivity index (χ0n) is 23.2. The fourth-order valence-corrected chi connectivity index (χ4v) is 5.33. The summed E-state index contributed by atoms with van der Waals surface area (Å²) in [6.07, 6.45) is -18.6. The van der Waals surface area contributed by atoms with E-state index in [1.54, 1.807) is 24.3 Å². The van der Waals surface area contributed by atoms with Gasteiger partial charge in [0.1, 0.15) is 67.6 Å². The second kappa shape index (κ2) is 14.8. The molecule has 0 bridgehead atoms. The summed E-state index contributed by atoms with van der Waals surface area (Å²) in [4.78, 5) is 12.2. The summed E-state index contributed by atoms with van der Waals surface area (Å²) in [5, 5.41) is 75.1. The summed E-state index contributed by atoms with van der Waals surface area (Å²) in [6.45, 7) is -0.959. The van der Waals surface area contributed by atoms with Crippen LogP contribution in [-0.4, -0.2) is 147 Å². The Morgan fingerprint density at radius 1 is 0.791 bits per heavy atom. The summed E-state index contributed by atoms with van der Waals surface area (Å²) in [5.74, 6) is 0. The monoisotopic (exact) mass is 618 g/mol. The minimum Gasteiger partial charge on any atom is -0.445 e. The molecule has 17 nitrogen and oxygen atoms in total. The van der Waals surface area contributed by atoms with Gasteiger partial charge in [-0.05, 0) is 12.0 Å². The fourth-order valence-electron chi connectivity index (χ4n) is 5.33. The highest BCUT2D eigenvalue weighted by Gasteiger charge is 2.51. The van der Waals surface area contributed by atoms with E-state index in [0.29, 0.717) is 0 Å². The van der Waals surface area contributed by atoms with Crippen LogP contribution in [0, 0.1) is 0 Å². The average molecular weight is 619 g/mol. The molecule has 17 heteroatoms. The van der Waals surface area contributed by atoms with Gasteiger partial charge in [-0.2, -0.15) is 0 Å². The quantitative estimate of drug-likeness (QED) is 0.123. The number of alkyl carbamates (subject to hydrolysis) is 1. The van der Waals surface area contributed by atoms with Crippen molar-refractivity contribution < 1.29 is 64.2 Å². The first-order valence-corrected chi connectivity index (χ1v) is 13.9. The van der Waals surface area contributed by atoms with Gasteiger partial charge in [0.15, 0.2) is 12.6 Å². The minimum absolute atomic E-state index is 0.00719. The van der Waals surface area contributed by atoms with Crippen LogP contribution in [0.15, 0.2) is 30.3 Å². The lowest BCUT2D eigenvalue weighted by molar-refractivity contribution is -0.332. The number of rotatable bonds is 9. The number of hydrogen-bond donors (Lipinski definition) is 11. The molecule has 0 radical (unpaired) electrons. The van der Waals surface area contributed by atoms with Crippen molar-refractivity contribution in [3.8, 4) is 0 Å². The molecule has 244 valence electrons. The Balaban J connectivity index is 1.37. The van der Waals surface area contributed by atoms with Gasteiger partial charge >= 0.3 is 6.09 Å². The molecule has 1 saturated carbocycles. The third-order valence-electron chi connectivity index (χ3n) is 7.91. The van der Waals surface area contributed by atoms with E-state index in [1.165, 1.54) is 0 Å². The van der Waals surface area contributed by atoms with E-state index in [-0.39, 0.29) is 19.6 Å². The number of aliphatic hydroxyl groups excluding tert-OH is 7. The Bertz CT molecular complexity index is 1030. The molecule has 6 unspecified atom stereocenters. The first-order chi connectivity index (χ1) is 20.4. The van der Waals surface area contributed by atoms with Gasteiger partial charge in [-0.15, -0.1) is 0 Å². The number of amides is 1. The van der Waals surface area contributed by atoms with Crippen LogP contribution in [0.3, 0.4) is 0 Å². The molecule has 15 atom stereocenters. The molecule has 3 aliphatic rings. The van der Waals surface area contributed by atoms with Gasteiger partial charge in [0.2, 0.25) is 0 Å². The van der Waals surface area contributed by atoms with Crippen molar-refractivity contribution >= 4 is 6.09 Å². The Morgan fingerprint density at radius 2 is 1.37 bits per heavy atom. The van der Waals surface area contributed by atoms with Crippen LogP contribution >= 0.6 is 0 Å². The minimum atomic E-state index is -1.78. The third kappa shape index (κ3) is 7.78. The molecular weight excluding hydrogens is 576 g/mol. The molecular formula is C26H42N4O13. The number of ether oxygens (including phenoxy) is 5. The maximum atomic E-state index is 12.2. The number of hydrogen-bond acceptors (Lipinski definition) is 16. The SMILES string of the molecule is NC1C[C@@H](N)[C@@H](O[C@H]2OC(CO)[C@@H](O)[C@@H](N)C2O)C(O)[C@@H]1O[C@H]1OC(CNC(=O)OCc2ccccc2)[C@@H](O)[C@H](O)C1O. The van der Waals surface area contributed by atoms with Gasteiger partial charge in [-0.25, -0.2) is 4.79 Å². The number of carbonyl (C=O) groups excluding carboxylic acids is 1. The summed E-state index contributed by atoms with van der Waals surface area (Å²) >= 11 is 0. The molecule has 1 aromatic carbocycles. The zero-order chi connectivity index (χ0) is 31.4. The summed E-state index contributed by atoms with van der Waals surface area (Å²) < 4.78 is 27.8. The third-order valence-corrected chi connectivity index (χ3v) is 7.91. The van der Waals surface area contributed by atoms with Gasteiger partial charge in [-0.3, -0.25) is 0 Å². The number of nitrogens with one attached hydrogen (secondary N) is 1. The van der Waals surface area contributed by atoms with Crippen LogP contribution in [0.25, 0.3) is 0 Å². The zero-order valence-corrected chi connectivity index (χ0v) is 23.2. The number of nitrogens with two attached hydrogens (primary N) is 3. The highest BCUT2D eigenvalue weighted by atomic mass is 16.7. The van der Waals surface area contributed by atoms with Gasteiger partial charge in [0.25, 0.3) is 0 Å². The Hall–Kier alpha value is -2.07. The lowest BCUT2D eigenvalue weighted by Gasteiger charge is -2.48. The topological polar surface area (TPSA) is 295 Å². The average Bonchev–Trinajstić information content (AvgIpc) is 2.99. The lowest BCUT2D eigenvalue weighted by atomic mass is 9.84. The predicted octanol–water partition coefficient (Wildman–Crippen LogP) is -5.32. The molecule has 2 aliphatic heterocycles. The molecule has 4 rings (SSSR count). The van der Waals surface area contributed by atoms with E-state index in [1.807, 2.05) is 6.07 Å². The van der Waals surface area contributed by atoms with E-state index in [2.05, 4.69) is 5.32 Å². The first-order valence-electron chi connectivity index (χ1n) is 13.9. The summed E-state index contributed by atoms with van der Waals surface area (Å²) in [7, 11) is 0. The first kappa shape index (κ1) is 33.8. The number of benzene rings is 1. The summed E-state index contributed by atoms with van der Waals surface area (Å²) in [6, 6.07) is 5.88. The van der Waals surface area contributed by atoms with Crippen molar-refractivity contribution in [2.24, 2.45) is 17.2 Å². The van der Waals surface area contributed by atoms with E-state index in [9.17, 15) is 40.5 Å². The van der Waals surface area contributed by atoms with Crippen molar-refractivity contribution in [3.63, 3.8) is 0 Å². The molecule has 3 fully saturated rings. The second-order valence-corrected chi connectivity index (χ2v) is 11.0. The van der Waals surface area contributed by atoms with E-state index in [0.717, 1.165) is 5.56 Å². The predicted molar refractivity (Wildman–Crippen MR) is 143 cm³/mol. The Labute approximate surface area is 247 Å². The van der Waals surface area contributed by atoms with Gasteiger partial charge in [-0.1, -0.05) is 30.3 Å². The molecule has 43 heavy (non-hydrogen) atoms. The smallest absolute Gasteiger partial charge is 0.407 e. The van der Waals surface area contributed by atoms with E-state index in [4.69, 9.17) is 40.9 Å². The second-order valence-electron chi connectivity index (χ2n) is 11.0. The van der Waals surface area contributed by atoms with E-state index < -0.39 is 104 Å². The van der Waals surface area contributed by atoms with Crippen LogP contribution in [-0.2, 0) is 30.3 Å². The van der Waals surface area contributed by atoms with Crippen molar-refractivity contribution in [1.82, 2.24) is 5.32 Å². The molecule has 1 aromatic rings. The van der Waals surface area contributed by atoms with Crippen molar-refractivity contribution in [2.45, 2.75) is 105 Å². The lowest BCUT2D eigenvalue weighted by Crippen LogP contribution is -2.68. The summed E-state index contributed by atoms with van der Waals surface area (Å²) in [5.41, 5.74) is 19.0. The normalized spacial score (nSPS) is 43.6. The Morgan fingerprint density at radius 3 is 1.98 bits per heavy atom. The molecule has 1 aliphatic carbocycles. The Kier molecular flexibility index (Phi) is 11.6. The largest absolute Gasteiger partial charge is 0.445 e. The number of aliphatic hydroxyl groups is 7. The maximum Gasteiger partial charge on any atom is 0.407 e.